The Hall–Kier alpha value is -2.67. The fourth-order valence-corrected chi connectivity index (χ4v) is 1.77. The Kier molecular flexibility index (Phi) is 4.04. The van der Waals surface area contributed by atoms with Crippen molar-refractivity contribution < 1.29 is 24.0 Å². The minimum atomic E-state index is -1.33. The Balaban J connectivity index is 2.55. The molecule has 0 aromatic heterocycles. The highest BCUT2D eigenvalue weighted by Gasteiger charge is 2.22. The normalized spacial score (nSPS) is 10.2. The van der Waals surface area contributed by atoms with Crippen molar-refractivity contribution in [1.82, 2.24) is 0 Å². The lowest BCUT2D eigenvalue weighted by Gasteiger charge is -2.10. The first-order valence-corrected chi connectivity index (χ1v) is 5.91. The van der Waals surface area contributed by atoms with Crippen LogP contribution in [0.25, 0.3) is 0 Å². The van der Waals surface area contributed by atoms with Gasteiger partial charge in [-0.1, -0.05) is 17.7 Å². The second kappa shape index (κ2) is 5.76. The number of nitro benzene ring substituents is 1. The van der Waals surface area contributed by atoms with E-state index in [1.54, 1.807) is 0 Å². The summed E-state index contributed by atoms with van der Waals surface area (Å²) in [5.41, 5.74) is -0.914. The van der Waals surface area contributed by atoms with E-state index in [2.05, 4.69) is 0 Å². The number of halogens is 2. The van der Waals surface area contributed by atoms with Crippen LogP contribution in [0.1, 0.15) is 10.4 Å². The molecule has 0 saturated carbocycles. The molecule has 1 N–H and O–H groups in total. The van der Waals surface area contributed by atoms with Crippen LogP contribution in [-0.4, -0.2) is 16.0 Å². The Labute approximate surface area is 122 Å². The van der Waals surface area contributed by atoms with Gasteiger partial charge in [0.25, 0.3) is 0 Å². The molecule has 0 radical (unpaired) electrons. The molecule has 0 fully saturated rings. The number of benzene rings is 2. The third-order valence-electron chi connectivity index (χ3n) is 2.53. The van der Waals surface area contributed by atoms with Crippen LogP contribution < -0.4 is 4.74 Å². The molecular weight excluding hydrogens is 305 g/mol. The van der Waals surface area contributed by atoms with Crippen LogP contribution in [0.3, 0.4) is 0 Å². The van der Waals surface area contributed by atoms with Gasteiger partial charge < -0.3 is 9.84 Å². The van der Waals surface area contributed by atoms with Crippen LogP contribution in [-0.2, 0) is 0 Å². The zero-order chi connectivity index (χ0) is 15.6. The van der Waals surface area contributed by atoms with Gasteiger partial charge >= 0.3 is 11.7 Å². The molecule has 108 valence electrons. The predicted molar refractivity (Wildman–Crippen MR) is 71.5 cm³/mol. The quantitative estimate of drug-likeness (QED) is 0.683. The Morgan fingerprint density at radius 1 is 1.33 bits per heavy atom. The van der Waals surface area contributed by atoms with Crippen molar-refractivity contribution >= 4 is 23.3 Å². The summed E-state index contributed by atoms with van der Waals surface area (Å²) in [7, 11) is 0. The molecule has 0 atom stereocenters. The van der Waals surface area contributed by atoms with Gasteiger partial charge in [-0.15, -0.1) is 0 Å². The molecule has 2 rings (SSSR count). The summed E-state index contributed by atoms with van der Waals surface area (Å²) in [5, 5.41) is 20.0. The fraction of sp³-hybridized carbons (Fsp3) is 0. The minimum Gasteiger partial charge on any atom is -0.478 e. The van der Waals surface area contributed by atoms with E-state index in [4.69, 9.17) is 21.4 Å². The van der Waals surface area contributed by atoms with Crippen LogP contribution in [0.15, 0.2) is 36.4 Å². The average Bonchev–Trinajstić information content (AvgIpc) is 2.40. The van der Waals surface area contributed by atoms with Gasteiger partial charge in [0, 0.05) is 17.2 Å². The maximum atomic E-state index is 13.7. The zero-order valence-corrected chi connectivity index (χ0v) is 11.0. The molecule has 21 heavy (non-hydrogen) atoms. The Morgan fingerprint density at radius 2 is 2.05 bits per heavy atom. The van der Waals surface area contributed by atoms with Crippen LogP contribution in [0.2, 0.25) is 5.02 Å². The summed E-state index contributed by atoms with van der Waals surface area (Å²) in [4.78, 5) is 21.1. The van der Waals surface area contributed by atoms with Crippen molar-refractivity contribution in [2.24, 2.45) is 0 Å². The van der Waals surface area contributed by atoms with Gasteiger partial charge in [0.05, 0.1) is 4.92 Å². The SMILES string of the molecule is O=C(O)c1ccc(Cl)cc1Oc1c(F)cccc1[N+](=O)[O-]. The zero-order valence-electron chi connectivity index (χ0n) is 10.2. The number of para-hydroxylation sites is 1. The number of ether oxygens (including phenoxy) is 1. The van der Waals surface area contributed by atoms with Crippen LogP contribution in [0, 0.1) is 15.9 Å². The molecule has 0 bridgehead atoms. The first kappa shape index (κ1) is 14.7. The average molecular weight is 312 g/mol. The van der Waals surface area contributed by atoms with Crippen molar-refractivity contribution in [2.75, 3.05) is 0 Å². The van der Waals surface area contributed by atoms with Gasteiger partial charge in [-0.3, -0.25) is 10.1 Å². The van der Waals surface area contributed by atoms with E-state index < -0.39 is 28.1 Å². The van der Waals surface area contributed by atoms with E-state index in [0.717, 1.165) is 30.3 Å². The second-order valence-corrected chi connectivity index (χ2v) is 4.33. The molecule has 2 aromatic carbocycles. The smallest absolute Gasteiger partial charge is 0.339 e. The highest BCUT2D eigenvalue weighted by Crippen LogP contribution is 2.36. The standard InChI is InChI=1S/C13H7ClFNO5/c14-7-4-5-8(13(17)18)11(6-7)21-12-9(15)2-1-3-10(12)16(19)20/h1-6H,(H,17,18). The first-order chi connectivity index (χ1) is 9.90. The van der Waals surface area contributed by atoms with Gasteiger partial charge in [0.15, 0.2) is 5.82 Å². The van der Waals surface area contributed by atoms with Crippen LogP contribution in [0.5, 0.6) is 11.5 Å². The van der Waals surface area contributed by atoms with E-state index in [0.29, 0.717) is 0 Å². The van der Waals surface area contributed by atoms with Gasteiger partial charge in [-0.25, -0.2) is 9.18 Å². The molecule has 0 amide bonds. The molecule has 0 aliphatic rings. The van der Waals surface area contributed by atoms with Crippen molar-refractivity contribution in [3.05, 3.63) is 62.9 Å². The number of nitro groups is 1. The molecule has 2 aromatic rings. The van der Waals surface area contributed by atoms with Crippen molar-refractivity contribution in [3.8, 4) is 11.5 Å². The van der Waals surface area contributed by atoms with Crippen molar-refractivity contribution in [1.29, 1.82) is 0 Å². The van der Waals surface area contributed by atoms with Crippen molar-refractivity contribution in [2.45, 2.75) is 0 Å². The molecule has 6 nitrogen and oxygen atoms in total. The van der Waals surface area contributed by atoms with Crippen LogP contribution >= 0.6 is 11.6 Å². The van der Waals surface area contributed by atoms with E-state index in [-0.39, 0.29) is 16.3 Å². The minimum absolute atomic E-state index is 0.147. The summed E-state index contributed by atoms with van der Waals surface area (Å²) < 4.78 is 18.8. The van der Waals surface area contributed by atoms with E-state index >= 15 is 0 Å². The molecule has 0 heterocycles. The molecular formula is C13H7ClFNO5. The number of aromatic carboxylic acids is 1. The summed E-state index contributed by atoms with van der Waals surface area (Å²) in [5.74, 6) is -3.28. The molecule has 0 saturated heterocycles. The highest BCUT2D eigenvalue weighted by molar-refractivity contribution is 6.30. The lowest BCUT2D eigenvalue weighted by atomic mass is 10.2. The van der Waals surface area contributed by atoms with Crippen molar-refractivity contribution in [3.63, 3.8) is 0 Å². The summed E-state index contributed by atoms with van der Waals surface area (Å²) in [6.45, 7) is 0. The fourth-order valence-electron chi connectivity index (χ4n) is 1.61. The first-order valence-electron chi connectivity index (χ1n) is 5.53. The summed E-state index contributed by atoms with van der Waals surface area (Å²) >= 11 is 5.73. The number of rotatable bonds is 4. The number of nitrogens with zero attached hydrogens (tertiary/aromatic N) is 1. The molecule has 0 aliphatic carbocycles. The Morgan fingerprint density at radius 3 is 2.67 bits per heavy atom. The third kappa shape index (κ3) is 3.09. The topological polar surface area (TPSA) is 89.7 Å². The predicted octanol–water partition coefficient (Wildman–Crippen LogP) is 3.88. The van der Waals surface area contributed by atoms with E-state index in [9.17, 15) is 19.3 Å². The third-order valence-corrected chi connectivity index (χ3v) is 2.76. The maximum absolute atomic E-state index is 13.7. The summed E-state index contributed by atoms with van der Waals surface area (Å²) in [6, 6.07) is 6.77. The highest BCUT2D eigenvalue weighted by atomic mass is 35.5. The van der Waals surface area contributed by atoms with Crippen LogP contribution in [0.4, 0.5) is 10.1 Å². The number of hydrogen-bond acceptors (Lipinski definition) is 4. The lowest BCUT2D eigenvalue weighted by Crippen LogP contribution is -2.02. The van der Waals surface area contributed by atoms with Gasteiger partial charge in [-0.05, 0) is 18.2 Å². The molecule has 0 unspecified atom stereocenters. The van der Waals surface area contributed by atoms with E-state index in [1.165, 1.54) is 6.07 Å². The van der Waals surface area contributed by atoms with Gasteiger partial charge in [-0.2, -0.15) is 0 Å². The molecule has 8 heteroatoms. The number of hydrogen-bond donors (Lipinski definition) is 1. The number of carbonyl (C=O) groups is 1. The lowest BCUT2D eigenvalue weighted by molar-refractivity contribution is -0.385. The van der Waals surface area contributed by atoms with Gasteiger partial charge in [0.1, 0.15) is 11.3 Å². The maximum Gasteiger partial charge on any atom is 0.339 e. The second-order valence-electron chi connectivity index (χ2n) is 3.89. The van der Waals surface area contributed by atoms with Gasteiger partial charge in [0.2, 0.25) is 5.75 Å². The Bertz CT molecular complexity index is 734. The molecule has 0 spiro atoms. The number of carboxylic acids is 1. The summed E-state index contributed by atoms with van der Waals surface area (Å²) in [6.07, 6.45) is 0. The van der Waals surface area contributed by atoms with E-state index in [1.807, 2.05) is 0 Å². The molecule has 0 aliphatic heterocycles. The largest absolute Gasteiger partial charge is 0.478 e. The number of carboxylic acid groups (broad SMARTS) is 1. The monoisotopic (exact) mass is 311 g/mol.